The van der Waals surface area contributed by atoms with Gasteiger partial charge in [-0.3, -0.25) is 9.59 Å². The minimum absolute atomic E-state index is 0.0396. The van der Waals surface area contributed by atoms with Gasteiger partial charge in [0.05, 0.1) is 5.41 Å². The van der Waals surface area contributed by atoms with Crippen LogP contribution in [0.3, 0.4) is 0 Å². The molecule has 4 N–H and O–H groups in total. The van der Waals surface area contributed by atoms with Crippen molar-refractivity contribution in [2.24, 2.45) is 11.1 Å². The summed E-state index contributed by atoms with van der Waals surface area (Å²) in [6, 6.07) is 5.39. The van der Waals surface area contributed by atoms with Crippen LogP contribution in [0, 0.1) is 5.41 Å². The number of carbonyl (C=O) groups excluding carboxylic acids is 1. The molecule has 0 aliphatic carbocycles. The van der Waals surface area contributed by atoms with Crippen LogP contribution in [-0.2, 0) is 16.0 Å². The van der Waals surface area contributed by atoms with Crippen LogP contribution >= 0.6 is 0 Å². The van der Waals surface area contributed by atoms with Crippen molar-refractivity contribution in [2.45, 2.75) is 45.6 Å². The highest BCUT2D eigenvalue weighted by Gasteiger charge is 2.30. The molecule has 0 aromatic heterocycles. The SMILES string of the molecule is CC(C)(CC(N)c1ccc2c(c1)CCCC(=O)N2)C(=O)O. The van der Waals surface area contributed by atoms with E-state index in [2.05, 4.69) is 5.32 Å². The number of anilines is 1. The zero-order chi connectivity index (χ0) is 15.6. The van der Waals surface area contributed by atoms with Gasteiger partial charge in [-0.25, -0.2) is 0 Å². The lowest BCUT2D eigenvalue weighted by Crippen LogP contribution is -2.29. The molecule has 1 heterocycles. The molecule has 1 aliphatic heterocycles. The van der Waals surface area contributed by atoms with Gasteiger partial charge < -0.3 is 16.2 Å². The fourth-order valence-electron chi connectivity index (χ4n) is 2.58. The average Bonchev–Trinajstić information content (AvgIpc) is 2.57. The number of nitrogens with one attached hydrogen (secondary N) is 1. The number of carboxylic acids is 1. The Kier molecular flexibility index (Phi) is 4.32. The van der Waals surface area contributed by atoms with Crippen molar-refractivity contribution in [3.05, 3.63) is 29.3 Å². The van der Waals surface area contributed by atoms with Crippen molar-refractivity contribution in [1.29, 1.82) is 0 Å². The Morgan fingerprint density at radius 3 is 2.81 bits per heavy atom. The van der Waals surface area contributed by atoms with Crippen LogP contribution in [0.4, 0.5) is 5.69 Å². The van der Waals surface area contributed by atoms with Gasteiger partial charge in [-0.05, 0) is 50.3 Å². The number of fused-ring (bicyclic) bond motifs is 1. The quantitative estimate of drug-likeness (QED) is 0.794. The van der Waals surface area contributed by atoms with Crippen LogP contribution in [-0.4, -0.2) is 17.0 Å². The highest BCUT2D eigenvalue weighted by atomic mass is 16.4. The van der Waals surface area contributed by atoms with Gasteiger partial charge in [-0.15, -0.1) is 0 Å². The normalized spacial score (nSPS) is 16.6. The third-order valence-electron chi connectivity index (χ3n) is 3.99. The Morgan fingerprint density at radius 2 is 2.14 bits per heavy atom. The topological polar surface area (TPSA) is 92.4 Å². The number of carboxylic acid groups (broad SMARTS) is 1. The van der Waals surface area contributed by atoms with E-state index in [0.29, 0.717) is 12.8 Å². The van der Waals surface area contributed by atoms with Gasteiger partial charge in [0.1, 0.15) is 0 Å². The highest BCUT2D eigenvalue weighted by molar-refractivity contribution is 5.92. The lowest BCUT2D eigenvalue weighted by Gasteiger charge is -2.24. The maximum absolute atomic E-state index is 11.5. The number of carbonyl (C=O) groups is 2. The second-order valence-corrected chi connectivity index (χ2v) is 6.32. The Morgan fingerprint density at radius 1 is 1.43 bits per heavy atom. The van der Waals surface area contributed by atoms with Crippen LogP contribution in [0.5, 0.6) is 0 Å². The zero-order valence-corrected chi connectivity index (χ0v) is 12.5. The van der Waals surface area contributed by atoms with Crippen LogP contribution in [0.1, 0.15) is 50.3 Å². The molecular weight excluding hydrogens is 268 g/mol. The number of aliphatic carboxylic acids is 1. The van der Waals surface area contributed by atoms with Crippen LogP contribution in [0.2, 0.25) is 0 Å². The molecule has 5 heteroatoms. The minimum atomic E-state index is -0.861. The molecule has 0 spiro atoms. The van der Waals surface area contributed by atoms with Crippen molar-refractivity contribution in [2.75, 3.05) is 5.32 Å². The van der Waals surface area contributed by atoms with E-state index >= 15 is 0 Å². The lowest BCUT2D eigenvalue weighted by molar-refractivity contribution is -0.147. The molecule has 1 aromatic carbocycles. The molecule has 114 valence electrons. The van der Waals surface area contributed by atoms with E-state index in [-0.39, 0.29) is 11.9 Å². The van der Waals surface area contributed by atoms with E-state index in [0.717, 1.165) is 29.7 Å². The van der Waals surface area contributed by atoms with Crippen molar-refractivity contribution >= 4 is 17.6 Å². The molecule has 1 atom stereocenters. The van der Waals surface area contributed by atoms with Crippen molar-refractivity contribution in [3.63, 3.8) is 0 Å². The largest absolute Gasteiger partial charge is 0.481 e. The lowest BCUT2D eigenvalue weighted by atomic mass is 9.83. The van der Waals surface area contributed by atoms with E-state index in [4.69, 9.17) is 5.73 Å². The molecule has 21 heavy (non-hydrogen) atoms. The minimum Gasteiger partial charge on any atom is -0.481 e. The summed E-state index contributed by atoms with van der Waals surface area (Å²) in [5, 5.41) is 12.1. The third kappa shape index (κ3) is 3.61. The number of hydrogen-bond donors (Lipinski definition) is 3. The first-order valence-corrected chi connectivity index (χ1v) is 7.21. The van der Waals surface area contributed by atoms with Crippen LogP contribution in [0.15, 0.2) is 18.2 Å². The van der Waals surface area contributed by atoms with E-state index in [1.54, 1.807) is 13.8 Å². The number of aryl methyl sites for hydroxylation is 1. The summed E-state index contributed by atoms with van der Waals surface area (Å²) in [5.74, 6) is -0.808. The smallest absolute Gasteiger partial charge is 0.309 e. The van der Waals surface area contributed by atoms with E-state index in [9.17, 15) is 14.7 Å². The molecule has 0 saturated carbocycles. The van der Waals surface area contributed by atoms with Gasteiger partial charge in [-0.1, -0.05) is 12.1 Å². The van der Waals surface area contributed by atoms with E-state index < -0.39 is 11.4 Å². The predicted molar refractivity (Wildman–Crippen MR) is 81.0 cm³/mol. The summed E-state index contributed by atoms with van der Waals surface area (Å²) in [6.07, 6.45) is 2.55. The second-order valence-electron chi connectivity index (χ2n) is 6.32. The van der Waals surface area contributed by atoms with E-state index in [1.807, 2.05) is 18.2 Å². The first-order chi connectivity index (χ1) is 9.79. The summed E-state index contributed by atoms with van der Waals surface area (Å²) < 4.78 is 0. The van der Waals surface area contributed by atoms with Crippen LogP contribution < -0.4 is 11.1 Å². The predicted octanol–water partition coefficient (Wildman–Crippen LogP) is 2.46. The zero-order valence-electron chi connectivity index (χ0n) is 12.5. The van der Waals surface area contributed by atoms with Crippen molar-refractivity contribution in [3.8, 4) is 0 Å². The number of hydrogen-bond acceptors (Lipinski definition) is 3. The van der Waals surface area contributed by atoms with Gasteiger partial charge in [0.2, 0.25) is 5.91 Å². The molecule has 1 amide bonds. The molecule has 0 bridgehead atoms. The molecule has 0 saturated heterocycles. The van der Waals surface area contributed by atoms with Crippen molar-refractivity contribution in [1.82, 2.24) is 0 Å². The molecule has 1 aromatic rings. The molecule has 0 radical (unpaired) electrons. The van der Waals surface area contributed by atoms with Gasteiger partial charge >= 0.3 is 5.97 Å². The Labute approximate surface area is 124 Å². The van der Waals surface area contributed by atoms with Gasteiger partial charge in [0, 0.05) is 18.2 Å². The summed E-state index contributed by atoms with van der Waals surface area (Å²) in [6.45, 7) is 3.36. The maximum Gasteiger partial charge on any atom is 0.309 e. The van der Waals surface area contributed by atoms with E-state index in [1.165, 1.54) is 0 Å². The van der Waals surface area contributed by atoms with Gasteiger partial charge in [0.15, 0.2) is 0 Å². The number of amides is 1. The third-order valence-corrected chi connectivity index (χ3v) is 3.99. The highest BCUT2D eigenvalue weighted by Crippen LogP contribution is 2.31. The molecule has 1 unspecified atom stereocenters. The molecule has 5 nitrogen and oxygen atoms in total. The van der Waals surface area contributed by atoms with Gasteiger partial charge in [0.25, 0.3) is 0 Å². The maximum atomic E-state index is 11.5. The van der Waals surface area contributed by atoms with Gasteiger partial charge in [-0.2, -0.15) is 0 Å². The number of rotatable bonds is 4. The second kappa shape index (κ2) is 5.85. The first-order valence-electron chi connectivity index (χ1n) is 7.21. The molecule has 2 rings (SSSR count). The van der Waals surface area contributed by atoms with Crippen molar-refractivity contribution < 1.29 is 14.7 Å². The van der Waals surface area contributed by atoms with Crippen LogP contribution in [0.25, 0.3) is 0 Å². The molecular formula is C16H22N2O3. The fourth-order valence-corrected chi connectivity index (χ4v) is 2.58. The Balaban J connectivity index is 2.20. The molecule has 1 aliphatic rings. The fraction of sp³-hybridized carbons (Fsp3) is 0.500. The Bertz CT molecular complexity index is 567. The standard InChI is InChI=1S/C16H22N2O3/c1-16(2,15(20)21)9-12(17)10-6-7-13-11(8-10)4-3-5-14(19)18-13/h6-8,12H,3-5,9,17H2,1-2H3,(H,18,19)(H,20,21). The summed E-state index contributed by atoms with van der Waals surface area (Å²) in [4.78, 5) is 22.7. The summed E-state index contributed by atoms with van der Waals surface area (Å²) >= 11 is 0. The monoisotopic (exact) mass is 290 g/mol. The summed E-state index contributed by atoms with van der Waals surface area (Å²) in [5.41, 5.74) is 8.13. The average molecular weight is 290 g/mol. The number of nitrogens with two attached hydrogens (primary N) is 1. The summed E-state index contributed by atoms with van der Waals surface area (Å²) in [7, 11) is 0. The Hall–Kier alpha value is -1.88. The first kappa shape index (κ1) is 15.5. The molecule has 0 fully saturated rings. The number of benzene rings is 1.